The molecule has 10 heteroatoms. The van der Waals surface area contributed by atoms with Gasteiger partial charge in [0.2, 0.25) is 17.6 Å². The maximum absolute atomic E-state index is 14.7. The van der Waals surface area contributed by atoms with Crippen molar-refractivity contribution in [3.05, 3.63) is 30.3 Å². The third-order valence-corrected chi connectivity index (χ3v) is 4.17. The van der Waals surface area contributed by atoms with Crippen LogP contribution in [0.5, 0.6) is 5.75 Å². The smallest absolute Gasteiger partial charge is 0.253 e. The summed E-state index contributed by atoms with van der Waals surface area (Å²) in [5.74, 6) is -1.86. The second kappa shape index (κ2) is 5.22. The zero-order chi connectivity index (χ0) is 15.9. The Kier molecular flexibility index (Phi) is 3.37. The van der Waals surface area contributed by atoms with E-state index in [9.17, 15) is 23.3 Å². The Morgan fingerprint density at radius 2 is 2.23 bits per heavy atom. The van der Waals surface area contributed by atoms with E-state index in [4.69, 9.17) is 0 Å². The molecule has 0 spiro atoms. The average molecular weight is 324 g/mol. The molecule has 0 aliphatic carbocycles. The van der Waals surface area contributed by atoms with Gasteiger partial charge in [-0.05, 0) is 12.1 Å². The van der Waals surface area contributed by atoms with Crippen LogP contribution < -0.4 is 9.03 Å². The van der Waals surface area contributed by atoms with Crippen molar-refractivity contribution in [2.24, 2.45) is 0 Å². The molecule has 114 valence electrons. The number of amides is 1. The Morgan fingerprint density at radius 1 is 1.45 bits per heavy atom. The van der Waals surface area contributed by atoms with Crippen LogP contribution in [0.3, 0.4) is 0 Å². The summed E-state index contributed by atoms with van der Waals surface area (Å²) in [4.78, 5) is 21.9. The summed E-state index contributed by atoms with van der Waals surface area (Å²) in [7, 11) is 0. The first-order valence-electron chi connectivity index (χ1n) is 6.01. The maximum Gasteiger partial charge on any atom is 0.253 e. The lowest BCUT2D eigenvalue weighted by Crippen LogP contribution is -2.23. The van der Waals surface area contributed by atoms with E-state index in [1.807, 2.05) is 0 Å². The fourth-order valence-corrected chi connectivity index (χ4v) is 3.03. The number of rotatable bonds is 3. The summed E-state index contributed by atoms with van der Waals surface area (Å²) in [5, 5.41) is 13.6. The van der Waals surface area contributed by atoms with Crippen LogP contribution in [0.25, 0.3) is 11.1 Å². The minimum absolute atomic E-state index is 0.0530. The van der Waals surface area contributed by atoms with Gasteiger partial charge in [0.25, 0.3) is 5.91 Å². The van der Waals surface area contributed by atoms with Crippen LogP contribution >= 0.6 is 0 Å². The number of aromatic nitrogens is 2. The molecule has 0 bridgehead atoms. The highest BCUT2D eigenvalue weighted by Crippen LogP contribution is 2.37. The van der Waals surface area contributed by atoms with Gasteiger partial charge in [-0.3, -0.25) is 18.6 Å². The zero-order valence-electron chi connectivity index (χ0n) is 10.9. The van der Waals surface area contributed by atoms with E-state index in [-0.39, 0.29) is 17.8 Å². The maximum atomic E-state index is 14.7. The van der Waals surface area contributed by atoms with Crippen LogP contribution in [-0.2, 0) is 20.8 Å². The van der Waals surface area contributed by atoms with Crippen molar-refractivity contribution in [3.8, 4) is 16.9 Å². The number of hydrogen-bond acceptors (Lipinski definition) is 5. The van der Waals surface area contributed by atoms with Crippen LogP contribution in [-0.4, -0.2) is 38.0 Å². The fourth-order valence-electron chi connectivity index (χ4n) is 2.09. The molecule has 1 aliphatic heterocycles. The summed E-state index contributed by atoms with van der Waals surface area (Å²) >= 11 is -1.97. The van der Waals surface area contributed by atoms with Gasteiger partial charge in [-0.15, -0.1) is 0 Å². The molecular formula is C12H9FN4O4S. The Morgan fingerprint density at radius 3 is 2.82 bits per heavy atom. The molecule has 0 radical (unpaired) electrons. The second-order valence-electron chi connectivity index (χ2n) is 4.42. The van der Waals surface area contributed by atoms with Gasteiger partial charge in [0.05, 0.1) is 6.20 Å². The van der Waals surface area contributed by atoms with E-state index in [0.29, 0.717) is 12.0 Å². The number of phenols is 1. The lowest BCUT2D eigenvalue weighted by Gasteiger charge is -2.17. The predicted molar refractivity (Wildman–Crippen MR) is 75.1 cm³/mol. The number of nitrogens with one attached hydrogen (secondary N) is 1. The number of hydrogen-bond donors (Lipinski definition) is 2. The Labute approximate surface area is 125 Å². The van der Waals surface area contributed by atoms with Crippen LogP contribution in [0.4, 0.5) is 10.1 Å². The van der Waals surface area contributed by atoms with Crippen molar-refractivity contribution in [3.63, 3.8) is 0 Å². The van der Waals surface area contributed by atoms with E-state index in [0.717, 1.165) is 8.99 Å². The molecule has 1 amide bonds. The van der Waals surface area contributed by atoms with Gasteiger partial charge in [-0.2, -0.15) is 5.10 Å². The van der Waals surface area contributed by atoms with Crippen molar-refractivity contribution in [2.75, 3.05) is 10.8 Å². The second-order valence-corrected chi connectivity index (χ2v) is 5.56. The average Bonchev–Trinajstić information content (AvgIpc) is 3.06. The predicted octanol–water partition coefficient (Wildman–Crippen LogP) is -0.0520. The quantitative estimate of drug-likeness (QED) is 0.770. The van der Waals surface area contributed by atoms with Gasteiger partial charge >= 0.3 is 0 Å². The Bertz CT molecular complexity index is 806. The van der Waals surface area contributed by atoms with Crippen molar-refractivity contribution < 1.29 is 23.3 Å². The van der Waals surface area contributed by atoms with Crippen molar-refractivity contribution in [1.29, 1.82) is 0 Å². The SMILES string of the molecule is O=Cn1cc(-c2ccc(O)c(N3CC(=O)NS3=O)c2F)cn1. The van der Waals surface area contributed by atoms with Gasteiger partial charge in [0.15, 0.2) is 5.82 Å². The van der Waals surface area contributed by atoms with E-state index in [2.05, 4.69) is 9.82 Å². The first kappa shape index (κ1) is 14.2. The number of carbonyl (C=O) groups excluding carboxylic acids is 2. The Hall–Kier alpha value is -2.75. The molecule has 1 aromatic heterocycles. The summed E-state index contributed by atoms with van der Waals surface area (Å²) in [6, 6.07) is 2.51. The highest BCUT2D eigenvalue weighted by molar-refractivity contribution is 7.85. The first-order chi connectivity index (χ1) is 10.5. The first-order valence-corrected chi connectivity index (χ1v) is 7.12. The van der Waals surface area contributed by atoms with Gasteiger partial charge < -0.3 is 5.11 Å². The lowest BCUT2D eigenvalue weighted by atomic mass is 10.1. The number of aromatic hydroxyl groups is 1. The minimum Gasteiger partial charge on any atom is -0.506 e. The molecule has 3 rings (SSSR count). The van der Waals surface area contributed by atoms with E-state index < -0.39 is 28.6 Å². The molecule has 1 aromatic carbocycles. The van der Waals surface area contributed by atoms with Crippen LogP contribution in [0.2, 0.25) is 0 Å². The molecule has 1 aliphatic rings. The zero-order valence-corrected chi connectivity index (χ0v) is 11.7. The largest absolute Gasteiger partial charge is 0.506 e. The lowest BCUT2D eigenvalue weighted by molar-refractivity contribution is -0.117. The van der Waals surface area contributed by atoms with Gasteiger partial charge in [-0.25, -0.2) is 13.3 Å². The monoisotopic (exact) mass is 324 g/mol. The molecule has 1 atom stereocenters. The number of nitrogens with zero attached hydrogens (tertiary/aromatic N) is 3. The third kappa shape index (κ3) is 2.22. The summed E-state index contributed by atoms with van der Waals surface area (Å²) in [6.45, 7) is -0.339. The molecule has 0 saturated carbocycles. The number of halogens is 1. The number of benzene rings is 1. The van der Waals surface area contributed by atoms with Crippen LogP contribution in [0.15, 0.2) is 24.5 Å². The molecule has 1 fully saturated rings. The van der Waals surface area contributed by atoms with Crippen molar-refractivity contribution >= 4 is 29.2 Å². The summed E-state index contributed by atoms with van der Waals surface area (Å²) < 4.78 is 30.4. The van der Waals surface area contributed by atoms with E-state index in [1.54, 1.807) is 0 Å². The highest BCUT2D eigenvalue weighted by atomic mass is 32.2. The topological polar surface area (TPSA) is 105 Å². The van der Waals surface area contributed by atoms with Crippen LogP contribution in [0, 0.1) is 5.82 Å². The molecule has 2 N–H and O–H groups in total. The molecule has 22 heavy (non-hydrogen) atoms. The van der Waals surface area contributed by atoms with Gasteiger partial charge in [0.1, 0.15) is 18.0 Å². The molecular weight excluding hydrogens is 315 g/mol. The van der Waals surface area contributed by atoms with Crippen LogP contribution in [0.1, 0.15) is 0 Å². The highest BCUT2D eigenvalue weighted by Gasteiger charge is 2.32. The number of anilines is 1. The molecule has 2 heterocycles. The third-order valence-electron chi connectivity index (χ3n) is 3.05. The van der Waals surface area contributed by atoms with E-state index in [1.165, 1.54) is 24.5 Å². The fraction of sp³-hybridized carbons (Fsp3) is 0.0833. The number of carbonyl (C=O) groups is 2. The Balaban J connectivity index is 2.11. The number of phenolic OH excluding ortho intramolecular Hbond substituents is 1. The molecule has 2 aromatic rings. The summed E-state index contributed by atoms with van der Waals surface area (Å²) in [5.41, 5.74) is 0.000371. The minimum atomic E-state index is -1.97. The van der Waals surface area contributed by atoms with Crippen molar-refractivity contribution in [2.45, 2.75) is 0 Å². The van der Waals surface area contributed by atoms with E-state index >= 15 is 0 Å². The van der Waals surface area contributed by atoms with Gasteiger partial charge in [-0.1, -0.05) is 0 Å². The van der Waals surface area contributed by atoms with Crippen molar-refractivity contribution in [1.82, 2.24) is 14.5 Å². The standard InChI is InChI=1S/C12H9FN4O4S/c13-11-8(7-3-14-16(4-7)6-18)1-2-9(19)12(11)17-5-10(20)15-22(17)21/h1-4,6,19H,5H2,(H,15,20). The summed E-state index contributed by atoms with van der Waals surface area (Å²) in [6.07, 6.45) is 3.02. The van der Waals surface area contributed by atoms with Gasteiger partial charge in [0, 0.05) is 17.3 Å². The molecule has 1 unspecified atom stereocenters. The molecule has 8 nitrogen and oxygen atoms in total. The normalized spacial score (nSPS) is 17.6. The molecule has 1 saturated heterocycles.